The van der Waals surface area contributed by atoms with Crippen LogP contribution in [0.3, 0.4) is 0 Å². The van der Waals surface area contributed by atoms with Gasteiger partial charge in [-0.15, -0.1) is 0 Å². The molecule has 0 aliphatic carbocycles. The Labute approximate surface area is 186 Å². The van der Waals surface area contributed by atoms with Crippen LogP contribution in [0.15, 0.2) is 65.2 Å². The molecule has 0 bridgehead atoms. The smallest absolute Gasteiger partial charge is 0.416 e. The van der Waals surface area contributed by atoms with Gasteiger partial charge >= 0.3 is 6.18 Å². The van der Waals surface area contributed by atoms with Crippen LogP contribution in [-0.4, -0.2) is 17.7 Å². The van der Waals surface area contributed by atoms with Gasteiger partial charge in [0.05, 0.1) is 17.8 Å². The zero-order valence-corrected chi connectivity index (χ0v) is 17.4. The molecule has 2 aliphatic rings. The summed E-state index contributed by atoms with van der Waals surface area (Å²) in [5.74, 6) is 0.201. The molecule has 1 amide bonds. The molecule has 6 rings (SSSR count). The van der Waals surface area contributed by atoms with Gasteiger partial charge < -0.3 is 14.2 Å². The van der Waals surface area contributed by atoms with E-state index in [1.807, 2.05) is 25.1 Å². The number of benzene rings is 3. The van der Waals surface area contributed by atoms with Gasteiger partial charge in [-0.1, -0.05) is 41.6 Å². The molecule has 4 aromatic rings. The van der Waals surface area contributed by atoms with E-state index in [4.69, 9.17) is 9.26 Å². The summed E-state index contributed by atoms with van der Waals surface area (Å²) in [6, 6.07) is 16.1. The highest BCUT2D eigenvalue weighted by Gasteiger charge is 2.57. The van der Waals surface area contributed by atoms with Gasteiger partial charge in [0.25, 0.3) is 0 Å². The third-order valence-electron chi connectivity index (χ3n) is 6.57. The molecular formula is C25H17F3N2O3. The van der Waals surface area contributed by atoms with E-state index in [9.17, 15) is 18.0 Å². The van der Waals surface area contributed by atoms with Gasteiger partial charge in [0.1, 0.15) is 17.8 Å². The van der Waals surface area contributed by atoms with Gasteiger partial charge in [-0.3, -0.25) is 4.79 Å². The monoisotopic (exact) mass is 450 g/mol. The number of hydrogen-bond acceptors (Lipinski definition) is 4. The third-order valence-corrected chi connectivity index (χ3v) is 6.57. The summed E-state index contributed by atoms with van der Waals surface area (Å²) >= 11 is 0. The van der Waals surface area contributed by atoms with E-state index in [-0.39, 0.29) is 24.6 Å². The number of aromatic nitrogens is 1. The fourth-order valence-electron chi connectivity index (χ4n) is 4.99. The molecule has 8 heteroatoms. The number of alkyl halides is 3. The average Bonchev–Trinajstić information content (AvgIpc) is 3.43. The predicted octanol–water partition coefficient (Wildman–Crippen LogP) is 5.38. The van der Waals surface area contributed by atoms with Crippen molar-refractivity contribution in [3.8, 4) is 5.75 Å². The molecule has 1 aromatic heterocycles. The number of rotatable bonds is 2. The molecule has 0 saturated heterocycles. The highest BCUT2D eigenvalue weighted by molar-refractivity contribution is 6.12. The van der Waals surface area contributed by atoms with E-state index in [1.54, 1.807) is 24.3 Å². The van der Waals surface area contributed by atoms with Crippen molar-refractivity contribution < 1.29 is 27.2 Å². The number of ether oxygens (including phenoxy) is 1. The number of hydrogen-bond donors (Lipinski definition) is 0. The Bertz CT molecular complexity index is 1440. The summed E-state index contributed by atoms with van der Waals surface area (Å²) < 4.78 is 52.1. The van der Waals surface area contributed by atoms with Gasteiger partial charge in [0.15, 0.2) is 5.58 Å². The van der Waals surface area contributed by atoms with Crippen LogP contribution in [0.2, 0.25) is 0 Å². The second-order valence-corrected chi connectivity index (χ2v) is 8.37. The molecule has 1 spiro atoms. The number of aryl methyl sites for hydroxylation is 1. The van der Waals surface area contributed by atoms with E-state index >= 15 is 0 Å². The summed E-state index contributed by atoms with van der Waals surface area (Å²) in [5, 5.41) is 4.75. The molecule has 5 nitrogen and oxygen atoms in total. The van der Waals surface area contributed by atoms with Gasteiger partial charge in [-0.25, -0.2) is 0 Å². The average molecular weight is 450 g/mol. The van der Waals surface area contributed by atoms with Crippen LogP contribution in [0.4, 0.5) is 18.9 Å². The Morgan fingerprint density at radius 3 is 2.64 bits per heavy atom. The van der Waals surface area contributed by atoms with Crippen molar-refractivity contribution in [2.75, 3.05) is 11.5 Å². The SMILES string of the molecule is Cc1noc2cc3c(cc12)C1(CO3)C(=O)N(Cc2ccccc2C(F)(F)F)c2ccccc21. The molecule has 2 aliphatic heterocycles. The maximum absolute atomic E-state index is 14.0. The highest BCUT2D eigenvalue weighted by atomic mass is 19.4. The molecule has 166 valence electrons. The highest BCUT2D eigenvalue weighted by Crippen LogP contribution is 2.53. The number of anilines is 1. The lowest BCUT2D eigenvalue weighted by molar-refractivity contribution is -0.138. The Kier molecular flexibility index (Phi) is 3.97. The number of para-hydroxylation sites is 1. The standard InChI is InChI=1S/C25H17F3N2O3/c1-14-16-10-19-22(11-21(16)33-29-14)32-13-24(19)18-8-4-5-9-20(18)30(23(24)31)12-15-6-2-3-7-17(15)25(26,27)28/h2-11H,12-13H2,1H3. The van der Waals surface area contributed by atoms with E-state index in [2.05, 4.69) is 5.16 Å². The lowest BCUT2D eigenvalue weighted by atomic mass is 9.77. The van der Waals surface area contributed by atoms with E-state index in [1.165, 1.54) is 17.0 Å². The van der Waals surface area contributed by atoms with Crippen LogP contribution in [-0.2, 0) is 22.9 Å². The fraction of sp³-hybridized carbons (Fsp3) is 0.200. The minimum absolute atomic E-state index is 0.0367. The summed E-state index contributed by atoms with van der Waals surface area (Å²) in [5.41, 5.74) is 1.35. The van der Waals surface area contributed by atoms with Crippen LogP contribution in [0, 0.1) is 6.92 Å². The van der Waals surface area contributed by atoms with Crippen LogP contribution < -0.4 is 9.64 Å². The molecular weight excluding hydrogens is 433 g/mol. The third kappa shape index (κ3) is 2.66. The van der Waals surface area contributed by atoms with E-state index in [0.29, 0.717) is 33.8 Å². The van der Waals surface area contributed by atoms with Crippen molar-refractivity contribution in [1.82, 2.24) is 5.16 Å². The van der Waals surface area contributed by atoms with Crippen molar-refractivity contribution in [1.29, 1.82) is 0 Å². The molecule has 33 heavy (non-hydrogen) atoms. The minimum Gasteiger partial charge on any atom is -0.491 e. The topological polar surface area (TPSA) is 55.6 Å². The molecule has 0 radical (unpaired) electrons. The van der Waals surface area contributed by atoms with Crippen molar-refractivity contribution in [3.05, 3.63) is 88.6 Å². The zero-order valence-electron chi connectivity index (χ0n) is 17.4. The normalized spacial score (nSPS) is 19.3. The Hall–Kier alpha value is -3.81. The maximum atomic E-state index is 14.0. The first kappa shape index (κ1) is 19.8. The summed E-state index contributed by atoms with van der Waals surface area (Å²) in [4.78, 5) is 15.4. The second-order valence-electron chi connectivity index (χ2n) is 8.37. The van der Waals surface area contributed by atoms with Crippen LogP contribution in [0.5, 0.6) is 5.75 Å². The van der Waals surface area contributed by atoms with Gasteiger partial charge in [-0.05, 0) is 36.2 Å². The number of carbonyl (C=O) groups excluding carboxylic acids is 1. The fourth-order valence-corrected chi connectivity index (χ4v) is 4.99. The Morgan fingerprint density at radius 2 is 1.82 bits per heavy atom. The number of carbonyl (C=O) groups is 1. The van der Waals surface area contributed by atoms with Crippen molar-refractivity contribution in [2.24, 2.45) is 0 Å². The number of nitrogens with zero attached hydrogens (tertiary/aromatic N) is 2. The van der Waals surface area contributed by atoms with Crippen LogP contribution >= 0.6 is 0 Å². The molecule has 0 N–H and O–H groups in total. The Balaban J connectivity index is 1.52. The molecule has 1 atom stereocenters. The lowest BCUT2D eigenvalue weighted by Crippen LogP contribution is -2.42. The first-order valence-corrected chi connectivity index (χ1v) is 10.4. The first-order chi connectivity index (χ1) is 15.8. The second kappa shape index (κ2) is 6.60. The van der Waals surface area contributed by atoms with Crippen LogP contribution in [0.25, 0.3) is 11.0 Å². The molecule has 3 heterocycles. The maximum Gasteiger partial charge on any atom is 0.416 e. The summed E-state index contributed by atoms with van der Waals surface area (Å²) in [6.45, 7) is 1.68. The van der Waals surface area contributed by atoms with Gasteiger partial charge in [-0.2, -0.15) is 13.2 Å². The first-order valence-electron chi connectivity index (χ1n) is 10.4. The molecule has 3 aromatic carbocycles. The quantitative estimate of drug-likeness (QED) is 0.412. The molecule has 0 fully saturated rings. The van der Waals surface area contributed by atoms with Gasteiger partial charge in [0, 0.05) is 22.7 Å². The number of amides is 1. The van der Waals surface area contributed by atoms with Gasteiger partial charge in [0.2, 0.25) is 5.91 Å². The van der Waals surface area contributed by atoms with Crippen molar-refractivity contribution >= 4 is 22.6 Å². The predicted molar refractivity (Wildman–Crippen MR) is 114 cm³/mol. The van der Waals surface area contributed by atoms with E-state index in [0.717, 1.165) is 11.5 Å². The van der Waals surface area contributed by atoms with Crippen molar-refractivity contribution in [2.45, 2.75) is 25.1 Å². The van der Waals surface area contributed by atoms with E-state index < -0.39 is 17.2 Å². The van der Waals surface area contributed by atoms with Crippen molar-refractivity contribution in [3.63, 3.8) is 0 Å². The Morgan fingerprint density at radius 1 is 1.06 bits per heavy atom. The number of fused-ring (bicyclic) bond motifs is 5. The summed E-state index contributed by atoms with van der Waals surface area (Å²) in [6.07, 6.45) is -4.52. The molecule has 1 unspecified atom stereocenters. The molecule has 0 saturated carbocycles. The minimum atomic E-state index is -4.52. The van der Waals surface area contributed by atoms with Crippen LogP contribution in [0.1, 0.15) is 27.9 Å². The number of halogens is 3. The largest absolute Gasteiger partial charge is 0.491 e. The zero-order chi connectivity index (χ0) is 23.0. The summed E-state index contributed by atoms with van der Waals surface area (Å²) in [7, 11) is 0. The lowest BCUT2D eigenvalue weighted by Gasteiger charge is -2.24.